The maximum Gasteiger partial charge on any atom is 0.354 e. The first kappa shape index (κ1) is 18.2. The van der Waals surface area contributed by atoms with Crippen LogP contribution in [0.3, 0.4) is 0 Å². The highest BCUT2D eigenvalue weighted by atomic mass is 16.5. The Morgan fingerprint density at radius 1 is 1.19 bits per heavy atom. The summed E-state index contributed by atoms with van der Waals surface area (Å²) in [5.41, 5.74) is 2.79. The fourth-order valence-electron chi connectivity index (χ4n) is 3.37. The van der Waals surface area contributed by atoms with Crippen LogP contribution in [-0.2, 0) is 4.74 Å². The second kappa shape index (κ2) is 7.74. The molecule has 0 bridgehead atoms. The molecule has 6 heteroatoms. The first-order valence-electron chi connectivity index (χ1n) is 8.82. The Hall–Kier alpha value is -2.60. The van der Waals surface area contributed by atoms with Crippen LogP contribution in [0.5, 0.6) is 0 Å². The summed E-state index contributed by atoms with van der Waals surface area (Å²) in [4.78, 5) is 31.6. The zero-order valence-corrected chi connectivity index (χ0v) is 15.5. The number of ether oxygens (including phenoxy) is 1. The van der Waals surface area contributed by atoms with Gasteiger partial charge in [-0.1, -0.05) is 12.1 Å². The van der Waals surface area contributed by atoms with Crippen molar-refractivity contribution in [1.29, 1.82) is 0 Å². The molecule has 0 saturated carbocycles. The van der Waals surface area contributed by atoms with E-state index in [1.54, 1.807) is 12.3 Å². The largest absolute Gasteiger partial charge is 0.464 e. The monoisotopic (exact) mass is 355 g/mol. The van der Waals surface area contributed by atoms with Crippen LogP contribution in [0.15, 0.2) is 36.5 Å². The number of H-pyrrole nitrogens is 1. The molecular weight excluding hydrogens is 330 g/mol. The van der Waals surface area contributed by atoms with Crippen molar-refractivity contribution in [2.75, 3.05) is 34.3 Å². The van der Waals surface area contributed by atoms with Crippen LogP contribution in [0, 0.1) is 0 Å². The maximum absolute atomic E-state index is 12.9. The normalized spacial score (nSPS) is 15.7. The quantitative estimate of drug-likeness (QED) is 0.857. The van der Waals surface area contributed by atoms with Crippen molar-refractivity contribution < 1.29 is 14.3 Å². The van der Waals surface area contributed by atoms with Crippen LogP contribution in [0.4, 0.5) is 0 Å². The Morgan fingerprint density at radius 3 is 2.62 bits per heavy atom. The molecule has 1 amide bonds. The molecule has 0 aliphatic carbocycles. The molecule has 2 aromatic rings. The third-order valence-electron chi connectivity index (χ3n) is 5.09. The minimum Gasteiger partial charge on any atom is -0.464 e. The van der Waals surface area contributed by atoms with Gasteiger partial charge in [-0.05, 0) is 56.7 Å². The predicted octanol–water partition coefficient (Wildman–Crippen LogP) is 2.63. The lowest BCUT2D eigenvalue weighted by Crippen LogP contribution is -2.44. The van der Waals surface area contributed by atoms with Gasteiger partial charge in [-0.25, -0.2) is 4.79 Å². The Labute approximate surface area is 153 Å². The van der Waals surface area contributed by atoms with Crippen LogP contribution in [-0.4, -0.2) is 67.0 Å². The maximum atomic E-state index is 12.9. The number of piperidine rings is 1. The van der Waals surface area contributed by atoms with Gasteiger partial charge < -0.3 is 19.5 Å². The first-order chi connectivity index (χ1) is 12.5. The molecule has 138 valence electrons. The highest BCUT2D eigenvalue weighted by Crippen LogP contribution is 2.23. The topological polar surface area (TPSA) is 65.6 Å². The number of likely N-dealkylation sites (tertiary alicyclic amines) is 1. The van der Waals surface area contributed by atoms with Gasteiger partial charge in [0.1, 0.15) is 5.69 Å². The molecule has 1 aromatic heterocycles. The highest BCUT2D eigenvalue weighted by Gasteiger charge is 2.24. The van der Waals surface area contributed by atoms with Crippen molar-refractivity contribution in [2.24, 2.45) is 0 Å². The number of esters is 1. The molecule has 1 aromatic carbocycles. The van der Waals surface area contributed by atoms with E-state index in [9.17, 15) is 9.59 Å². The van der Waals surface area contributed by atoms with Crippen molar-refractivity contribution in [3.63, 3.8) is 0 Å². The zero-order chi connectivity index (χ0) is 18.7. The van der Waals surface area contributed by atoms with Gasteiger partial charge >= 0.3 is 5.97 Å². The summed E-state index contributed by atoms with van der Waals surface area (Å²) < 4.78 is 4.72. The number of nitrogens with one attached hydrogen (secondary N) is 1. The number of methoxy groups -OCH3 is 1. The van der Waals surface area contributed by atoms with E-state index >= 15 is 0 Å². The fraction of sp³-hybridized carbons (Fsp3) is 0.400. The number of amides is 1. The van der Waals surface area contributed by atoms with E-state index in [4.69, 9.17) is 4.74 Å². The molecular formula is C20H25N3O3. The molecule has 26 heavy (non-hydrogen) atoms. The van der Waals surface area contributed by atoms with E-state index in [1.807, 2.05) is 36.2 Å². The molecule has 0 spiro atoms. The minimum absolute atomic E-state index is 0.0325. The molecule has 1 aliphatic heterocycles. The number of nitrogens with zero attached hydrogens (tertiary/aromatic N) is 2. The molecule has 0 unspecified atom stereocenters. The van der Waals surface area contributed by atoms with Gasteiger partial charge in [0.15, 0.2) is 0 Å². The summed E-state index contributed by atoms with van der Waals surface area (Å²) in [5, 5.41) is 0. The smallest absolute Gasteiger partial charge is 0.354 e. The van der Waals surface area contributed by atoms with Crippen LogP contribution in [0.1, 0.15) is 33.7 Å². The zero-order valence-electron chi connectivity index (χ0n) is 15.5. The molecule has 0 radical (unpaired) electrons. The second-order valence-corrected chi connectivity index (χ2v) is 6.82. The third kappa shape index (κ3) is 3.80. The number of rotatable bonds is 4. The molecule has 2 heterocycles. The van der Waals surface area contributed by atoms with Crippen LogP contribution in [0.25, 0.3) is 11.1 Å². The van der Waals surface area contributed by atoms with E-state index in [0.29, 0.717) is 11.3 Å². The lowest BCUT2D eigenvalue weighted by Gasteiger charge is -2.35. The van der Waals surface area contributed by atoms with Crippen molar-refractivity contribution in [2.45, 2.75) is 18.9 Å². The van der Waals surface area contributed by atoms with Gasteiger partial charge in [-0.15, -0.1) is 0 Å². The number of hydrogen-bond acceptors (Lipinski definition) is 4. The highest BCUT2D eigenvalue weighted by molar-refractivity contribution is 5.96. The van der Waals surface area contributed by atoms with Crippen molar-refractivity contribution in [3.05, 3.63) is 47.8 Å². The first-order valence-corrected chi connectivity index (χ1v) is 8.82. The molecule has 1 N–H and O–H groups in total. The van der Waals surface area contributed by atoms with Gasteiger partial charge in [0.2, 0.25) is 0 Å². The summed E-state index contributed by atoms with van der Waals surface area (Å²) in [6, 6.07) is 9.52. The number of benzene rings is 1. The van der Waals surface area contributed by atoms with Gasteiger partial charge in [0, 0.05) is 30.4 Å². The van der Waals surface area contributed by atoms with E-state index in [1.165, 1.54) is 7.11 Å². The van der Waals surface area contributed by atoms with Crippen molar-refractivity contribution >= 4 is 11.9 Å². The SMILES string of the molecule is COC(=O)c1cc(-c2cccc(C(=O)N(C)C3CCN(C)CC3)c2)c[nH]1. The lowest BCUT2D eigenvalue weighted by molar-refractivity contribution is 0.0594. The fourth-order valence-corrected chi connectivity index (χ4v) is 3.37. The Balaban J connectivity index is 1.77. The summed E-state index contributed by atoms with van der Waals surface area (Å²) >= 11 is 0. The second-order valence-electron chi connectivity index (χ2n) is 6.82. The molecule has 1 saturated heterocycles. The Bertz CT molecular complexity index is 791. The molecule has 1 aliphatic rings. The van der Waals surface area contributed by atoms with Gasteiger partial charge in [-0.2, -0.15) is 0 Å². The van der Waals surface area contributed by atoms with Crippen molar-refractivity contribution in [1.82, 2.24) is 14.8 Å². The average molecular weight is 355 g/mol. The number of carbonyl (C=O) groups excluding carboxylic acids is 2. The third-order valence-corrected chi connectivity index (χ3v) is 5.09. The van der Waals surface area contributed by atoms with Gasteiger partial charge in [0.25, 0.3) is 5.91 Å². The lowest BCUT2D eigenvalue weighted by atomic mass is 10.0. The number of aromatic nitrogens is 1. The number of aromatic amines is 1. The molecule has 0 atom stereocenters. The van der Waals surface area contributed by atoms with Gasteiger partial charge in [-0.3, -0.25) is 4.79 Å². The van der Waals surface area contributed by atoms with E-state index in [-0.39, 0.29) is 11.9 Å². The van der Waals surface area contributed by atoms with Crippen molar-refractivity contribution in [3.8, 4) is 11.1 Å². The van der Waals surface area contributed by atoms with E-state index in [2.05, 4.69) is 16.9 Å². The summed E-state index contributed by atoms with van der Waals surface area (Å²) in [6.45, 7) is 2.03. The summed E-state index contributed by atoms with van der Waals surface area (Å²) in [5.74, 6) is -0.379. The Morgan fingerprint density at radius 2 is 1.92 bits per heavy atom. The van der Waals surface area contributed by atoms with Crippen LogP contribution < -0.4 is 0 Å². The summed E-state index contributed by atoms with van der Waals surface area (Å²) in [7, 11) is 5.35. The number of carbonyl (C=O) groups is 2. The average Bonchev–Trinajstić information content (AvgIpc) is 3.17. The predicted molar refractivity (Wildman–Crippen MR) is 100 cm³/mol. The molecule has 3 rings (SSSR count). The standard InChI is InChI=1S/C20H25N3O3/c1-22-9-7-17(8-10-22)23(2)19(24)15-6-4-5-14(11-15)16-12-18(21-13-16)20(25)26-3/h4-6,11-13,17,21H,7-10H2,1-3H3. The van der Waals surface area contributed by atoms with E-state index in [0.717, 1.165) is 37.1 Å². The Kier molecular flexibility index (Phi) is 5.42. The minimum atomic E-state index is -0.412. The van der Waals surface area contributed by atoms with Crippen LogP contribution >= 0.6 is 0 Å². The summed E-state index contributed by atoms with van der Waals surface area (Å²) in [6.07, 6.45) is 3.74. The molecule has 1 fully saturated rings. The van der Waals surface area contributed by atoms with E-state index < -0.39 is 5.97 Å². The number of hydrogen-bond donors (Lipinski definition) is 1. The van der Waals surface area contributed by atoms with Crippen LogP contribution in [0.2, 0.25) is 0 Å². The van der Waals surface area contributed by atoms with Gasteiger partial charge in [0.05, 0.1) is 7.11 Å². The molecule has 6 nitrogen and oxygen atoms in total.